The maximum Gasteiger partial charge on any atom is 0.496 e. The SMILES string of the molecule is CC.Cc1cc2c(cc1-c1cc(B3OC(C)(C)C(C)(C)O3)cnc1N(C)C)CCNC2=O. The lowest BCUT2D eigenvalue weighted by atomic mass is 9.78. The number of anilines is 1. The van der Waals surface area contributed by atoms with Gasteiger partial charge in [-0.25, -0.2) is 4.98 Å². The Bertz CT molecular complexity index is 1000. The molecule has 1 amide bonds. The van der Waals surface area contributed by atoms with Gasteiger partial charge in [0.2, 0.25) is 0 Å². The Labute approximate surface area is 192 Å². The number of carbonyl (C=O) groups excluding carboxylic acids is 1. The van der Waals surface area contributed by atoms with E-state index >= 15 is 0 Å². The molecule has 0 radical (unpaired) electrons. The highest BCUT2D eigenvalue weighted by atomic mass is 16.7. The minimum atomic E-state index is -0.471. The molecule has 1 saturated heterocycles. The van der Waals surface area contributed by atoms with Gasteiger partial charge in [0.25, 0.3) is 5.91 Å². The number of hydrogen-bond acceptors (Lipinski definition) is 5. The Morgan fingerprint density at radius 1 is 1.00 bits per heavy atom. The van der Waals surface area contributed by atoms with Gasteiger partial charge < -0.3 is 19.5 Å². The van der Waals surface area contributed by atoms with Crippen LogP contribution in [-0.2, 0) is 15.7 Å². The van der Waals surface area contributed by atoms with E-state index in [-0.39, 0.29) is 5.91 Å². The van der Waals surface area contributed by atoms with E-state index in [0.717, 1.165) is 45.5 Å². The minimum absolute atomic E-state index is 0.00262. The van der Waals surface area contributed by atoms with Gasteiger partial charge in [-0.1, -0.05) is 13.8 Å². The minimum Gasteiger partial charge on any atom is -0.399 e. The van der Waals surface area contributed by atoms with Crippen LogP contribution in [0, 0.1) is 6.92 Å². The first-order valence-electron chi connectivity index (χ1n) is 11.5. The standard InChI is InChI=1S/C23H30BN3O3.C2H6/c1-14-10-18-15(8-9-25-21(18)28)11-17(14)19-12-16(13-26-20(19)27(6)7)24-29-22(2,3)23(4,5)30-24;1-2/h10-13H,8-9H2,1-7H3,(H,25,28);1-2H3. The number of pyridine rings is 1. The molecule has 4 rings (SSSR count). The lowest BCUT2D eigenvalue weighted by molar-refractivity contribution is 0.00578. The maximum absolute atomic E-state index is 12.2. The molecule has 172 valence electrons. The molecule has 1 aromatic carbocycles. The van der Waals surface area contributed by atoms with E-state index in [1.54, 1.807) is 0 Å². The summed E-state index contributed by atoms with van der Waals surface area (Å²) in [6, 6.07) is 6.24. The average Bonchev–Trinajstić information content (AvgIpc) is 2.96. The Balaban J connectivity index is 0.00000141. The van der Waals surface area contributed by atoms with Crippen molar-refractivity contribution in [2.45, 2.75) is 66.1 Å². The number of hydrogen-bond donors (Lipinski definition) is 1. The van der Waals surface area contributed by atoms with Crippen molar-refractivity contribution in [1.82, 2.24) is 10.3 Å². The predicted molar refractivity (Wildman–Crippen MR) is 132 cm³/mol. The zero-order valence-corrected chi connectivity index (χ0v) is 20.9. The third kappa shape index (κ3) is 4.28. The molecule has 0 bridgehead atoms. The van der Waals surface area contributed by atoms with Gasteiger partial charge in [0.15, 0.2) is 0 Å². The molecule has 1 fully saturated rings. The quantitative estimate of drug-likeness (QED) is 0.742. The van der Waals surface area contributed by atoms with E-state index in [1.165, 1.54) is 0 Å². The maximum atomic E-state index is 12.2. The first kappa shape index (κ1) is 24.3. The van der Waals surface area contributed by atoms with Crippen LogP contribution < -0.4 is 15.7 Å². The summed E-state index contributed by atoms with van der Waals surface area (Å²) in [4.78, 5) is 19.0. The van der Waals surface area contributed by atoms with E-state index in [4.69, 9.17) is 14.3 Å². The van der Waals surface area contributed by atoms with Crippen LogP contribution in [0.3, 0.4) is 0 Å². The second-order valence-electron chi connectivity index (χ2n) is 9.45. The predicted octanol–water partition coefficient (Wildman–Crippen LogP) is 3.73. The smallest absolute Gasteiger partial charge is 0.399 e. The fourth-order valence-corrected chi connectivity index (χ4v) is 4.00. The van der Waals surface area contributed by atoms with E-state index < -0.39 is 18.3 Å². The highest BCUT2D eigenvalue weighted by molar-refractivity contribution is 6.62. The molecule has 0 spiro atoms. The molecule has 3 heterocycles. The van der Waals surface area contributed by atoms with Gasteiger partial charge in [-0.3, -0.25) is 4.79 Å². The molecule has 0 atom stereocenters. The molecule has 0 aliphatic carbocycles. The molecule has 7 heteroatoms. The molecule has 6 nitrogen and oxygen atoms in total. The summed E-state index contributed by atoms with van der Waals surface area (Å²) < 4.78 is 12.5. The van der Waals surface area contributed by atoms with Crippen LogP contribution in [0.2, 0.25) is 0 Å². The summed E-state index contributed by atoms with van der Waals surface area (Å²) >= 11 is 0. The monoisotopic (exact) mass is 437 g/mol. The second-order valence-corrected chi connectivity index (χ2v) is 9.45. The number of aromatic nitrogens is 1. The number of carbonyl (C=O) groups is 1. The van der Waals surface area contributed by atoms with Crippen LogP contribution >= 0.6 is 0 Å². The zero-order valence-electron chi connectivity index (χ0n) is 20.9. The van der Waals surface area contributed by atoms with Crippen LogP contribution in [0.25, 0.3) is 11.1 Å². The number of rotatable bonds is 3. The number of nitrogens with one attached hydrogen (secondary N) is 1. The van der Waals surface area contributed by atoms with E-state index in [0.29, 0.717) is 6.54 Å². The zero-order chi connectivity index (χ0) is 23.8. The van der Waals surface area contributed by atoms with E-state index in [9.17, 15) is 4.79 Å². The topological polar surface area (TPSA) is 63.7 Å². The number of nitrogens with zero attached hydrogens (tertiary/aromatic N) is 2. The van der Waals surface area contributed by atoms with Gasteiger partial charge in [-0.15, -0.1) is 0 Å². The van der Waals surface area contributed by atoms with Gasteiger partial charge in [-0.05, 0) is 75.9 Å². The third-order valence-electron chi connectivity index (χ3n) is 6.50. The Morgan fingerprint density at radius 2 is 1.62 bits per heavy atom. The highest BCUT2D eigenvalue weighted by Crippen LogP contribution is 2.38. The Hall–Kier alpha value is -2.38. The summed E-state index contributed by atoms with van der Waals surface area (Å²) in [5, 5.41) is 2.92. The third-order valence-corrected chi connectivity index (χ3v) is 6.50. The fraction of sp³-hybridized carbons (Fsp3) is 0.520. The molecular formula is C25H36BN3O3. The molecule has 2 aromatic rings. The van der Waals surface area contributed by atoms with Crippen molar-refractivity contribution in [2.75, 3.05) is 25.5 Å². The Kier molecular flexibility index (Phi) is 6.73. The van der Waals surface area contributed by atoms with Crippen LogP contribution in [0.5, 0.6) is 0 Å². The highest BCUT2D eigenvalue weighted by Gasteiger charge is 2.52. The number of aryl methyl sites for hydroxylation is 1. The first-order chi connectivity index (χ1) is 15.0. The fourth-order valence-electron chi connectivity index (χ4n) is 4.00. The molecule has 1 N–H and O–H groups in total. The summed E-state index contributed by atoms with van der Waals surface area (Å²) in [5.74, 6) is 0.876. The normalized spacial score (nSPS) is 18.4. The van der Waals surface area contributed by atoms with Gasteiger partial charge in [0, 0.05) is 43.4 Å². The van der Waals surface area contributed by atoms with Crippen molar-refractivity contribution in [3.8, 4) is 11.1 Å². The van der Waals surface area contributed by atoms with Gasteiger partial charge >= 0.3 is 7.12 Å². The van der Waals surface area contributed by atoms with Crippen molar-refractivity contribution in [3.63, 3.8) is 0 Å². The number of fused-ring (bicyclic) bond motifs is 1. The second kappa shape index (κ2) is 8.87. The molecule has 0 saturated carbocycles. The van der Waals surface area contributed by atoms with Crippen LogP contribution in [0.4, 0.5) is 5.82 Å². The van der Waals surface area contributed by atoms with Gasteiger partial charge in [0.05, 0.1) is 11.2 Å². The molecule has 32 heavy (non-hydrogen) atoms. The molecule has 2 aliphatic rings. The van der Waals surface area contributed by atoms with Crippen LogP contribution in [-0.4, -0.2) is 49.9 Å². The van der Waals surface area contributed by atoms with Crippen molar-refractivity contribution >= 4 is 24.3 Å². The summed E-state index contributed by atoms with van der Waals surface area (Å²) in [6.07, 6.45) is 2.66. The molecule has 1 aromatic heterocycles. The largest absolute Gasteiger partial charge is 0.496 e. The van der Waals surface area contributed by atoms with Crippen molar-refractivity contribution < 1.29 is 14.1 Å². The Morgan fingerprint density at radius 3 is 2.22 bits per heavy atom. The van der Waals surface area contributed by atoms with Gasteiger partial charge in [0.1, 0.15) is 5.82 Å². The molecular weight excluding hydrogens is 401 g/mol. The molecule has 0 unspecified atom stereocenters. The average molecular weight is 437 g/mol. The van der Waals surface area contributed by atoms with Crippen molar-refractivity contribution in [1.29, 1.82) is 0 Å². The number of benzene rings is 1. The lowest BCUT2D eigenvalue weighted by Crippen LogP contribution is -2.41. The van der Waals surface area contributed by atoms with Crippen molar-refractivity contribution in [2.24, 2.45) is 0 Å². The van der Waals surface area contributed by atoms with Gasteiger partial charge in [-0.2, -0.15) is 0 Å². The van der Waals surface area contributed by atoms with Crippen LogP contribution in [0.1, 0.15) is 63.0 Å². The number of amides is 1. The lowest BCUT2D eigenvalue weighted by Gasteiger charge is -2.32. The van der Waals surface area contributed by atoms with Crippen molar-refractivity contribution in [3.05, 3.63) is 41.1 Å². The summed E-state index contributed by atoms with van der Waals surface area (Å²) in [7, 11) is 3.50. The summed E-state index contributed by atoms with van der Waals surface area (Å²) in [6.45, 7) is 14.9. The van der Waals surface area contributed by atoms with E-state index in [1.807, 2.05) is 79.7 Å². The summed E-state index contributed by atoms with van der Waals surface area (Å²) in [5.41, 5.74) is 5.05. The van der Waals surface area contributed by atoms with Crippen LogP contribution in [0.15, 0.2) is 24.4 Å². The first-order valence-corrected chi connectivity index (χ1v) is 11.5. The van der Waals surface area contributed by atoms with E-state index in [2.05, 4.69) is 17.4 Å². The molecule has 2 aliphatic heterocycles.